The maximum absolute atomic E-state index is 14.6. The molecule has 6 aliphatic rings. The Morgan fingerprint density at radius 2 is 1.67 bits per heavy atom. The minimum atomic E-state index is -3.49. The summed E-state index contributed by atoms with van der Waals surface area (Å²) in [5.41, 5.74) is -1.47. The van der Waals surface area contributed by atoms with Crippen LogP contribution in [0.5, 0.6) is 5.75 Å². The van der Waals surface area contributed by atoms with E-state index in [1.165, 1.54) is 10.6 Å². The number of sulfonamides is 1. The molecule has 7 nitrogen and oxygen atoms in total. The number of fused-ring (bicyclic) bond motifs is 1. The van der Waals surface area contributed by atoms with Crippen molar-refractivity contribution in [3.8, 4) is 5.75 Å². The number of aliphatic hydroxyl groups excluding tert-OH is 1. The Morgan fingerprint density at radius 3 is 2.31 bits per heavy atom. The van der Waals surface area contributed by atoms with E-state index < -0.39 is 38.0 Å². The smallest absolute Gasteiger partial charge is 0.211 e. The van der Waals surface area contributed by atoms with Gasteiger partial charge in [-0.05, 0) is 92.9 Å². The summed E-state index contributed by atoms with van der Waals surface area (Å²) < 4.78 is 32.3. The highest BCUT2D eigenvalue weighted by Gasteiger charge is 2.74. The van der Waals surface area contributed by atoms with Crippen LogP contribution in [0.15, 0.2) is 48.1 Å². The summed E-state index contributed by atoms with van der Waals surface area (Å²) in [6, 6.07) is 7.29. The van der Waals surface area contributed by atoms with Gasteiger partial charge in [0.05, 0.1) is 25.1 Å². The first-order valence-corrected chi connectivity index (χ1v) is 17.5. The average Bonchev–Trinajstić information content (AvgIpc) is 3.22. The lowest BCUT2D eigenvalue weighted by molar-refractivity contribution is -0.173. The zero-order valence-corrected chi connectivity index (χ0v) is 26.5. The van der Waals surface area contributed by atoms with Gasteiger partial charge in [-0.25, -0.2) is 8.42 Å². The third-order valence-corrected chi connectivity index (χ3v) is 13.9. The van der Waals surface area contributed by atoms with Gasteiger partial charge in [0.15, 0.2) is 5.78 Å². The number of ketones is 1. The number of ether oxygens (including phenoxy) is 1. The third kappa shape index (κ3) is 3.93. The highest BCUT2D eigenvalue weighted by molar-refractivity contribution is 7.88. The van der Waals surface area contributed by atoms with Crippen molar-refractivity contribution >= 4 is 15.8 Å². The van der Waals surface area contributed by atoms with Crippen LogP contribution in [0.3, 0.4) is 0 Å². The number of carbonyl (C=O) groups is 1. The van der Waals surface area contributed by atoms with E-state index in [0.29, 0.717) is 37.1 Å². The molecule has 0 amide bonds. The van der Waals surface area contributed by atoms with Gasteiger partial charge in [-0.15, -0.1) is 0 Å². The second kappa shape index (κ2) is 9.75. The third-order valence-electron chi connectivity index (χ3n) is 12.7. The van der Waals surface area contributed by atoms with Gasteiger partial charge in [-0.3, -0.25) is 4.79 Å². The van der Waals surface area contributed by atoms with Crippen molar-refractivity contribution in [2.24, 2.45) is 33.5 Å². The van der Waals surface area contributed by atoms with Crippen LogP contribution in [-0.4, -0.2) is 66.9 Å². The second-order valence-corrected chi connectivity index (χ2v) is 16.4. The standard InChI is InChI=1S/C34H47NO6S/c1-6-19-35(42(5,39)40)22-33(38)16-13-28-31(33,3)15-12-27-30(2)14-11-24(36)20-32(30)17-18-34(27,28)26(21-32)29(37)23-7-9-25(41-4)10-8-23/h7-10,17-18,21,24,27-28,36,38H,6,11-16,19-20,22H2,1-5H3/t24?,27-,28-,30-,31+,32+,33-,34-/m1/s1. The first-order chi connectivity index (χ1) is 19.7. The van der Waals surface area contributed by atoms with Crippen LogP contribution in [-0.2, 0) is 10.0 Å². The number of Topliss-reactive ketones (excluding diaryl/α,β-unsaturated/α-hetero) is 1. The number of methoxy groups -OCH3 is 1. The summed E-state index contributed by atoms with van der Waals surface area (Å²) in [6.07, 6.45) is 13.4. The largest absolute Gasteiger partial charge is 0.497 e. The second-order valence-electron chi connectivity index (χ2n) is 14.5. The van der Waals surface area contributed by atoms with E-state index in [9.17, 15) is 23.4 Å². The number of hydrogen-bond acceptors (Lipinski definition) is 6. The normalized spacial score (nSPS) is 42.1. The van der Waals surface area contributed by atoms with Crippen molar-refractivity contribution < 1.29 is 28.2 Å². The number of allylic oxidation sites excluding steroid dienone is 4. The zero-order valence-electron chi connectivity index (χ0n) is 25.7. The summed E-state index contributed by atoms with van der Waals surface area (Å²) in [7, 11) is -1.88. The molecule has 8 atom stereocenters. The number of nitrogens with zero attached hydrogens (tertiary/aromatic N) is 1. The average molecular weight is 598 g/mol. The molecule has 0 aliphatic heterocycles. The van der Waals surface area contributed by atoms with Gasteiger partial charge in [-0.2, -0.15) is 4.31 Å². The minimum Gasteiger partial charge on any atom is -0.497 e. The van der Waals surface area contributed by atoms with Gasteiger partial charge in [0, 0.05) is 40.5 Å². The van der Waals surface area contributed by atoms with E-state index in [1.54, 1.807) is 7.11 Å². The fraction of sp³-hybridized carbons (Fsp3) is 0.676. The SMILES string of the molecule is CCCN(C[C@]1(O)CC[C@H]2[C@]34C=C[C@@]5(C=C3C(=O)c3ccc(OC)cc3)CC(O)CC[C@]5(C)[C@H]4CC[C@@]21C)S(C)(=O)=O. The minimum absolute atomic E-state index is 0.00285. The van der Waals surface area contributed by atoms with Crippen molar-refractivity contribution in [2.45, 2.75) is 83.8 Å². The lowest BCUT2D eigenvalue weighted by Crippen LogP contribution is -2.67. The maximum atomic E-state index is 14.6. The molecule has 7 rings (SSSR count). The molecular weight excluding hydrogens is 550 g/mol. The number of hydrogen-bond donors (Lipinski definition) is 2. The van der Waals surface area contributed by atoms with Crippen LogP contribution in [0.1, 0.15) is 82.5 Å². The highest BCUT2D eigenvalue weighted by atomic mass is 32.2. The summed E-state index contributed by atoms with van der Waals surface area (Å²) in [4.78, 5) is 14.6. The Labute approximate surface area is 251 Å². The van der Waals surface area contributed by atoms with Gasteiger partial charge in [0.2, 0.25) is 10.0 Å². The molecule has 1 aromatic rings. The number of carbonyl (C=O) groups excluding carboxylic acids is 1. The number of rotatable bonds is 8. The van der Waals surface area contributed by atoms with Crippen molar-refractivity contribution in [2.75, 3.05) is 26.5 Å². The molecule has 2 bridgehead atoms. The maximum Gasteiger partial charge on any atom is 0.211 e. The molecule has 3 fully saturated rings. The molecule has 2 spiro atoms. The predicted octanol–water partition coefficient (Wildman–Crippen LogP) is 5.14. The van der Waals surface area contributed by atoms with E-state index in [-0.39, 0.29) is 29.6 Å². The van der Waals surface area contributed by atoms with E-state index in [0.717, 1.165) is 37.7 Å². The fourth-order valence-corrected chi connectivity index (χ4v) is 11.4. The molecule has 6 aliphatic carbocycles. The van der Waals surface area contributed by atoms with Crippen LogP contribution in [0, 0.1) is 33.5 Å². The molecule has 3 saturated carbocycles. The van der Waals surface area contributed by atoms with Crippen LogP contribution in [0.25, 0.3) is 0 Å². The molecular formula is C34H47NO6S. The van der Waals surface area contributed by atoms with Crippen molar-refractivity contribution in [3.05, 3.63) is 53.6 Å². The van der Waals surface area contributed by atoms with Gasteiger partial charge >= 0.3 is 0 Å². The molecule has 0 saturated heterocycles. The lowest BCUT2D eigenvalue weighted by Gasteiger charge is -2.71. The van der Waals surface area contributed by atoms with Crippen LogP contribution in [0.4, 0.5) is 0 Å². The molecule has 1 unspecified atom stereocenters. The summed E-state index contributed by atoms with van der Waals surface area (Å²) in [6.45, 7) is 6.92. The Kier molecular flexibility index (Phi) is 6.97. The van der Waals surface area contributed by atoms with Gasteiger partial charge in [-0.1, -0.05) is 39.0 Å². The molecule has 2 N–H and O–H groups in total. The fourth-order valence-electron chi connectivity index (χ4n) is 10.4. The molecule has 8 heteroatoms. The van der Waals surface area contributed by atoms with Crippen LogP contribution >= 0.6 is 0 Å². The first kappa shape index (κ1) is 30.0. The summed E-state index contributed by atoms with van der Waals surface area (Å²) in [5.74, 6) is 0.851. The van der Waals surface area contributed by atoms with E-state index in [1.807, 2.05) is 31.2 Å². The lowest BCUT2D eigenvalue weighted by atomic mass is 9.32. The zero-order chi connectivity index (χ0) is 30.3. The first-order valence-electron chi connectivity index (χ1n) is 15.7. The predicted molar refractivity (Wildman–Crippen MR) is 163 cm³/mol. The highest BCUT2D eigenvalue weighted by Crippen LogP contribution is 2.78. The molecule has 0 heterocycles. The Hall–Kier alpha value is -2.00. The van der Waals surface area contributed by atoms with Crippen molar-refractivity contribution in [1.29, 1.82) is 0 Å². The summed E-state index contributed by atoms with van der Waals surface area (Å²) in [5, 5.41) is 23.3. The van der Waals surface area contributed by atoms with E-state index in [2.05, 4.69) is 32.1 Å². The van der Waals surface area contributed by atoms with Gasteiger partial charge in [0.25, 0.3) is 0 Å². The van der Waals surface area contributed by atoms with E-state index in [4.69, 9.17) is 4.74 Å². The monoisotopic (exact) mass is 597 g/mol. The van der Waals surface area contributed by atoms with Gasteiger partial charge < -0.3 is 14.9 Å². The van der Waals surface area contributed by atoms with Crippen LogP contribution in [0.2, 0.25) is 0 Å². The topological polar surface area (TPSA) is 104 Å². The molecule has 0 aromatic heterocycles. The Balaban J connectivity index is 1.49. The van der Waals surface area contributed by atoms with E-state index >= 15 is 0 Å². The van der Waals surface area contributed by atoms with Crippen molar-refractivity contribution in [3.63, 3.8) is 0 Å². The quantitative estimate of drug-likeness (QED) is 0.318. The Morgan fingerprint density at radius 1 is 1.02 bits per heavy atom. The molecule has 42 heavy (non-hydrogen) atoms. The molecule has 1 aromatic carbocycles. The Bertz CT molecular complexity index is 1440. The summed E-state index contributed by atoms with van der Waals surface area (Å²) >= 11 is 0. The number of aliphatic hydroxyl groups is 2. The van der Waals surface area contributed by atoms with Crippen LogP contribution < -0.4 is 4.74 Å². The molecule has 0 radical (unpaired) electrons. The number of benzene rings is 1. The van der Waals surface area contributed by atoms with Gasteiger partial charge in [0.1, 0.15) is 5.75 Å². The van der Waals surface area contributed by atoms with Crippen molar-refractivity contribution in [1.82, 2.24) is 4.31 Å². The molecule has 230 valence electrons.